The Bertz CT molecular complexity index is 1120. The summed E-state index contributed by atoms with van der Waals surface area (Å²) in [4.78, 5) is 4.66. The summed E-state index contributed by atoms with van der Waals surface area (Å²) >= 11 is 0. The van der Waals surface area contributed by atoms with Crippen molar-refractivity contribution in [1.29, 1.82) is 0 Å². The molecule has 3 aromatic rings. The standard InChI is InChI=1S/C17H32O2.C16H12N.Ir/c1-10(2)13-7-5-6-12-8-9-14(11(3)4)17(19)15(12)16(13)18;1-12-7-9-16-14(11-12)8-10-15(17-16)13-5-3-2-4-6-13;/h10-19H,5-9H2,1-4H3;2-5,7-11H,1H3;/q;-1;/t12?,13-,14-,15?,16?,17?;;/m1../s1. The molecule has 37 heavy (non-hydrogen) atoms. The van der Waals surface area contributed by atoms with E-state index in [9.17, 15) is 10.2 Å². The van der Waals surface area contributed by atoms with Gasteiger partial charge in [0.05, 0.1) is 17.7 Å². The third kappa shape index (κ3) is 7.09. The number of hydrogen-bond donors (Lipinski definition) is 2. The number of aliphatic hydroxyl groups excluding tert-OH is 2. The molecule has 2 saturated carbocycles. The summed E-state index contributed by atoms with van der Waals surface area (Å²) in [5, 5.41) is 22.8. The molecule has 0 amide bonds. The maximum Gasteiger partial charge on any atom is 0.0626 e. The summed E-state index contributed by atoms with van der Waals surface area (Å²) in [5.74, 6) is 2.45. The van der Waals surface area contributed by atoms with E-state index in [1.165, 1.54) is 30.2 Å². The van der Waals surface area contributed by atoms with Crippen LogP contribution in [0.3, 0.4) is 0 Å². The van der Waals surface area contributed by atoms with Crippen molar-refractivity contribution >= 4 is 10.9 Å². The molecule has 2 aliphatic rings. The van der Waals surface area contributed by atoms with E-state index in [0.717, 1.165) is 29.6 Å². The maximum absolute atomic E-state index is 10.8. The Hall–Kier alpha value is -1.58. The number of nitrogens with zero attached hydrogens (tertiary/aromatic N) is 1. The summed E-state index contributed by atoms with van der Waals surface area (Å²) in [7, 11) is 0. The van der Waals surface area contributed by atoms with E-state index < -0.39 is 0 Å². The van der Waals surface area contributed by atoms with Crippen molar-refractivity contribution in [2.24, 2.45) is 35.5 Å². The SMILES string of the molecule is CC(C)[C@H]1CCCC2CC[C@H](C(C)C)C(O)C2C1O.Cc1ccc2nc(-c3[c-]cccc3)ccc2c1.[Ir]. The van der Waals surface area contributed by atoms with E-state index in [2.05, 4.69) is 69.9 Å². The summed E-state index contributed by atoms with van der Waals surface area (Å²) in [6, 6.07) is 21.6. The van der Waals surface area contributed by atoms with E-state index in [1.54, 1.807) is 0 Å². The second-order valence-corrected chi connectivity index (χ2v) is 11.8. The van der Waals surface area contributed by atoms with Crippen molar-refractivity contribution in [3.05, 3.63) is 66.2 Å². The first-order valence-corrected chi connectivity index (χ1v) is 14.0. The Labute approximate surface area is 237 Å². The van der Waals surface area contributed by atoms with Gasteiger partial charge in [-0.1, -0.05) is 57.9 Å². The maximum atomic E-state index is 10.8. The largest absolute Gasteiger partial charge is 0.392 e. The first-order valence-electron chi connectivity index (χ1n) is 14.0. The topological polar surface area (TPSA) is 53.4 Å². The van der Waals surface area contributed by atoms with Gasteiger partial charge in [0.2, 0.25) is 0 Å². The zero-order chi connectivity index (χ0) is 25.8. The third-order valence-corrected chi connectivity index (χ3v) is 8.74. The van der Waals surface area contributed by atoms with Gasteiger partial charge >= 0.3 is 0 Å². The van der Waals surface area contributed by atoms with Crippen molar-refractivity contribution in [1.82, 2.24) is 4.98 Å². The van der Waals surface area contributed by atoms with Crippen LogP contribution in [0.15, 0.2) is 54.6 Å². The molecule has 3 nitrogen and oxygen atoms in total. The number of fused-ring (bicyclic) bond motifs is 2. The van der Waals surface area contributed by atoms with Crippen molar-refractivity contribution < 1.29 is 30.3 Å². The van der Waals surface area contributed by atoms with Crippen molar-refractivity contribution in [2.45, 2.75) is 78.9 Å². The number of rotatable bonds is 3. The number of hydrogen-bond acceptors (Lipinski definition) is 3. The van der Waals surface area contributed by atoms with Gasteiger partial charge in [0.1, 0.15) is 0 Å². The zero-order valence-electron chi connectivity index (χ0n) is 23.0. The first kappa shape index (κ1) is 30.0. The molecule has 2 aliphatic carbocycles. The smallest absolute Gasteiger partial charge is 0.0626 e. The predicted octanol–water partition coefficient (Wildman–Crippen LogP) is 7.47. The molecule has 203 valence electrons. The van der Waals surface area contributed by atoms with Gasteiger partial charge in [0.15, 0.2) is 0 Å². The Balaban J connectivity index is 0.000000201. The van der Waals surface area contributed by atoms with Crippen LogP contribution in [0.25, 0.3) is 22.2 Å². The Kier molecular flexibility index (Phi) is 10.9. The minimum Gasteiger partial charge on any atom is -0.392 e. The molecule has 1 heterocycles. The van der Waals surface area contributed by atoms with E-state index in [-0.39, 0.29) is 38.2 Å². The third-order valence-electron chi connectivity index (χ3n) is 8.74. The zero-order valence-corrected chi connectivity index (χ0v) is 25.4. The van der Waals surface area contributed by atoms with Crippen molar-refractivity contribution in [3.63, 3.8) is 0 Å². The van der Waals surface area contributed by atoms with E-state index in [1.807, 2.05) is 30.3 Å². The molecule has 6 atom stereocenters. The van der Waals surface area contributed by atoms with Gasteiger partial charge in [-0.15, -0.1) is 35.9 Å². The van der Waals surface area contributed by atoms with Gasteiger partial charge in [-0.25, -0.2) is 0 Å². The molecule has 5 rings (SSSR count). The van der Waals surface area contributed by atoms with E-state index in [0.29, 0.717) is 29.6 Å². The molecule has 0 saturated heterocycles. The normalized spacial score (nSPS) is 27.6. The van der Waals surface area contributed by atoms with Gasteiger partial charge in [0, 0.05) is 26.0 Å². The predicted molar refractivity (Wildman–Crippen MR) is 149 cm³/mol. The number of aryl methyl sites for hydroxylation is 1. The quantitative estimate of drug-likeness (QED) is 0.283. The Morgan fingerprint density at radius 1 is 0.838 bits per heavy atom. The number of aliphatic hydroxyl groups is 2. The van der Waals surface area contributed by atoms with Crippen LogP contribution in [0.2, 0.25) is 0 Å². The molecule has 2 aromatic carbocycles. The average Bonchev–Trinajstić information content (AvgIpc) is 3.03. The van der Waals surface area contributed by atoms with Crippen LogP contribution in [-0.2, 0) is 20.1 Å². The van der Waals surface area contributed by atoms with Crippen molar-refractivity contribution in [2.75, 3.05) is 0 Å². The summed E-state index contributed by atoms with van der Waals surface area (Å²) < 4.78 is 0. The Morgan fingerprint density at radius 3 is 2.19 bits per heavy atom. The van der Waals surface area contributed by atoms with Gasteiger partial charge < -0.3 is 10.2 Å². The molecular weight excluding hydrogens is 635 g/mol. The molecule has 4 heteroatoms. The fraction of sp³-hybridized carbons (Fsp3) is 0.545. The van der Waals surface area contributed by atoms with E-state index >= 15 is 0 Å². The van der Waals surface area contributed by atoms with Gasteiger partial charge in [0.25, 0.3) is 0 Å². The molecule has 1 radical (unpaired) electrons. The minimum atomic E-state index is -0.302. The molecular formula is C33H44IrNO2-. The van der Waals surface area contributed by atoms with Gasteiger partial charge in [-0.05, 0) is 85.4 Å². The van der Waals surface area contributed by atoms with Crippen LogP contribution in [0.1, 0.15) is 65.4 Å². The monoisotopic (exact) mass is 679 g/mol. The molecule has 4 unspecified atom stereocenters. The van der Waals surface area contributed by atoms with Crippen LogP contribution in [0, 0.1) is 48.5 Å². The molecule has 0 bridgehead atoms. The van der Waals surface area contributed by atoms with Gasteiger partial charge in [-0.3, -0.25) is 4.98 Å². The minimum absolute atomic E-state index is 0. The Morgan fingerprint density at radius 2 is 1.54 bits per heavy atom. The fourth-order valence-electron chi connectivity index (χ4n) is 6.63. The van der Waals surface area contributed by atoms with Crippen LogP contribution < -0.4 is 0 Å². The second-order valence-electron chi connectivity index (χ2n) is 11.8. The van der Waals surface area contributed by atoms with Crippen LogP contribution >= 0.6 is 0 Å². The van der Waals surface area contributed by atoms with E-state index in [4.69, 9.17) is 0 Å². The van der Waals surface area contributed by atoms with Crippen LogP contribution in [0.4, 0.5) is 0 Å². The molecule has 2 fully saturated rings. The summed E-state index contributed by atoms with van der Waals surface area (Å²) in [6.45, 7) is 10.9. The fourth-order valence-corrected chi connectivity index (χ4v) is 6.63. The number of aromatic nitrogens is 1. The number of benzene rings is 2. The molecule has 1 aromatic heterocycles. The molecule has 2 N–H and O–H groups in total. The molecule has 0 aliphatic heterocycles. The summed E-state index contributed by atoms with van der Waals surface area (Å²) in [5.41, 5.74) is 4.31. The number of pyridine rings is 1. The van der Waals surface area contributed by atoms with Crippen molar-refractivity contribution in [3.8, 4) is 11.3 Å². The second kappa shape index (κ2) is 13.5. The first-order chi connectivity index (χ1) is 17.3. The van der Waals surface area contributed by atoms with Crippen LogP contribution in [-0.4, -0.2) is 27.4 Å². The van der Waals surface area contributed by atoms with Gasteiger partial charge in [-0.2, -0.15) is 0 Å². The molecule has 0 spiro atoms. The van der Waals surface area contributed by atoms with Crippen LogP contribution in [0.5, 0.6) is 0 Å². The summed E-state index contributed by atoms with van der Waals surface area (Å²) in [6.07, 6.45) is 5.29. The average molecular weight is 679 g/mol.